The van der Waals surface area contributed by atoms with Crippen molar-refractivity contribution in [2.75, 3.05) is 0 Å². The molecule has 0 saturated heterocycles. The Hall–Kier alpha value is -1.11. The molecule has 16 heavy (non-hydrogen) atoms. The molecule has 0 aromatic rings. The molecular weight excluding hydrogens is 196 g/mol. The Morgan fingerprint density at radius 1 is 1.31 bits per heavy atom. The summed E-state index contributed by atoms with van der Waals surface area (Å²) in [5, 5.41) is 0. The zero-order valence-corrected chi connectivity index (χ0v) is 10.8. The summed E-state index contributed by atoms with van der Waals surface area (Å²) in [7, 11) is 0. The maximum Gasteiger partial charge on any atom is 0.178 e. The monoisotopic (exact) mass is 218 g/mol. The molecule has 0 aromatic heterocycles. The summed E-state index contributed by atoms with van der Waals surface area (Å²) in [6, 6.07) is 0. The van der Waals surface area contributed by atoms with Crippen LogP contribution in [0.3, 0.4) is 0 Å². The van der Waals surface area contributed by atoms with E-state index in [-0.39, 0.29) is 5.78 Å². The molecule has 0 N–H and O–H groups in total. The van der Waals surface area contributed by atoms with Gasteiger partial charge in [0.25, 0.3) is 0 Å². The first-order chi connectivity index (χ1) is 7.49. The van der Waals surface area contributed by atoms with Gasteiger partial charge in [0, 0.05) is 0 Å². The number of carbonyl (C=O) groups is 1. The van der Waals surface area contributed by atoms with Gasteiger partial charge in [-0.15, -0.1) is 0 Å². The summed E-state index contributed by atoms with van der Waals surface area (Å²) in [5.74, 6) is 0.696. The van der Waals surface area contributed by atoms with E-state index < -0.39 is 0 Å². The lowest BCUT2D eigenvalue weighted by atomic mass is 9.85. The number of ketones is 1. The van der Waals surface area contributed by atoms with Crippen molar-refractivity contribution in [3.63, 3.8) is 0 Å². The maximum atomic E-state index is 11.6. The van der Waals surface area contributed by atoms with Gasteiger partial charge in [-0.1, -0.05) is 22.8 Å². The largest absolute Gasteiger partial charge is 0.290 e. The normalized spacial score (nSPS) is 21.4. The second-order valence-corrected chi connectivity index (χ2v) is 5.03. The summed E-state index contributed by atoms with van der Waals surface area (Å²) in [4.78, 5) is 11.6. The van der Waals surface area contributed by atoms with E-state index in [0.717, 1.165) is 12.0 Å². The number of rotatable bonds is 3. The number of allylic oxidation sites excluding steroid dienone is 6. The van der Waals surface area contributed by atoms with Crippen LogP contribution < -0.4 is 0 Å². The molecule has 0 amide bonds. The molecule has 1 aliphatic rings. The lowest BCUT2D eigenvalue weighted by molar-refractivity contribution is -0.110. The van der Waals surface area contributed by atoms with Crippen molar-refractivity contribution in [1.82, 2.24) is 0 Å². The zero-order valence-electron chi connectivity index (χ0n) is 10.8. The first-order valence-corrected chi connectivity index (χ1v) is 6.01. The SMILES string of the molecule is CC(C)=CC(=O)/C=C(/C)C1CC=C(C)CC1. The van der Waals surface area contributed by atoms with Crippen LogP contribution in [0.4, 0.5) is 0 Å². The van der Waals surface area contributed by atoms with Gasteiger partial charge in [-0.3, -0.25) is 4.79 Å². The van der Waals surface area contributed by atoms with Crippen LogP contribution >= 0.6 is 0 Å². The van der Waals surface area contributed by atoms with Crippen molar-refractivity contribution in [1.29, 1.82) is 0 Å². The zero-order chi connectivity index (χ0) is 12.1. The predicted molar refractivity (Wildman–Crippen MR) is 69.3 cm³/mol. The van der Waals surface area contributed by atoms with E-state index in [0.29, 0.717) is 5.92 Å². The molecule has 0 heterocycles. The van der Waals surface area contributed by atoms with Crippen molar-refractivity contribution in [2.45, 2.75) is 47.0 Å². The van der Waals surface area contributed by atoms with Crippen molar-refractivity contribution >= 4 is 5.78 Å². The van der Waals surface area contributed by atoms with Crippen molar-refractivity contribution in [3.05, 3.63) is 34.9 Å². The summed E-state index contributed by atoms with van der Waals surface area (Å²) in [6.07, 6.45) is 9.26. The lowest BCUT2D eigenvalue weighted by Gasteiger charge is -2.20. The van der Waals surface area contributed by atoms with E-state index in [2.05, 4.69) is 19.9 Å². The molecule has 1 aliphatic carbocycles. The molecule has 1 nitrogen and oxygen atoms in total. The fraction of sp³-hybridized carbons (Fsp3) is 0.533. The van der Waals surface area contributed by atoms with Crippen LogP contribution in [0.5, 0.6) is 0 Å². The van der Waals surface area contributed by atoms with Crippen LogP contribution in [0.2, 0.25) is 0 Å². The van der Waals surface area contributed by atoms with Crippen molar-refractivity contribution in [3.8, 4) is 0 Å². The predicted octanol–water partition coefficient (Wildman–Crippen LogP) is 4.21. The van der Waals surface area contributed by atoms with Crippen LogP contribution in [0.1, 0.15) is 47.0 Å². The summed E-state index contributed by atoms with van der Waals surface area (Å²) < 4.78 is 0. The van der Waals surface area contributed by atoms with Gasteiger partial charge in [0.2, 0.25) is 0 Å². The van der Waals surface area contributed by atoms with Gasteiger partial charge in [0.15, 0.2) is 5.78 Å². The molecule has 0 spiro atoms. The van der Waals surface area contributed by atoms with E-state index in [4.69, 9.17) is 0 Å². The molecule has 0 aliphatic heterocycles. The van der Waals surface area contributed by atoms with Gasteiger partial charge in [-0.2, -0.15) is 0 Å². The van der Waals surface area contributed by atoms with Gasteiger partial charge in [-0.05, 0) is 65.0 Å². The van der Waals surface area contributed by atoms with E-state index in [1.807, 2.05) is 13.8 Å². The molecule has 0 radical (unpaired) electrons. The smallest absolute Gasteiger partial charge is 0.178 e. The third kappa shape index (κ3) is 4.18. The average molecular weight is 218 g/mol. The summed E-state index contributed by atoms with van der Waals surface area (Å²) in [6.45, 7) is 8.17. The Morgan fingerprint density at radius 3 is 2.50 bits per heavy atom. The lowest BCUT2D eigenvalue weighted by Crippen LogP contribution is -2.07. The highest BCUT2D eigenvalue weighted by molar-refractivity contribution is 6.00. The van der Waals surface area contributed by atoms with E-state index >= 15 is 0 Å². The Kier molecular flexibility index (Phi) is 4.72. The van der Waals surface area contributed by atoms with E-state index in [1.165, 1.54) is 24.0 Å². The van der Waals surface area contributed by atoms with Crippen LogP contribution in [0.15, 0.2) is 34.9 Å². The highest BCUT2D eigenvalue weighted by Crippen LogP contribution is 2.28. The van der Waals surface area contributed by atoms with Crippen molar-refractivity contribution < 1.29 is 4.79 Å². The quantitative estimate of drug-likeness (QED) is 0.512. The van der Waals surface area contributed by atoms with E-state index in [1.54, 1.807) is 12.2 Å². The average Bonchev–Trinajstić information content (AvgIpc) is 2.16. The number of hydrogen-bond donors (Lipinski definition) is 0. The standard InChI is InChI=1S/C15H22O/c1-11(2)9-15(16)10-13(4)14-7-5-12(3)6-8-14/h5,9-10,14H,6-8H2,1-4H3/b13-10-. The molecule has 1 unspecified atom stereocenters. The molecular formula is C15H22O. The van der Waals surface area contributed by atoms with E-state index in [9.17, 15) is 4.79 Å². The summed E-state index contributed by atoms with van der Waals surface area (Å²) in [5.41, 5.74) is 3.78. The molecule has 0 aromatic carbocycles. The Labute approximate surface area is 98.9 Å². The number of hydrogen-bond acceptors (Lipinski definition) is 1. The van der Waals surface area contributed by atoms with Gasteiger partial charge in [-0.25, -0.2) is 0 Å². The van der Waals surface area contributed by atoms with Gasteiger partial charge in [0.1, 0.15) is 0 Å². The third-order valence-corrected chi connectivity index (χ3v) is 3.08. The van der Waals surface area contributed by atoms with Gasteiger partial charge >= 0.3 is 0 Å². The minimum atomic E-state index is 0.128. The molecule has 1 atom stereocenters. The second-order valence-electron chi connectivity index (χ2n) is 5.03. The van der Waals surface area contributed by atoms with Crippen LogP contribution in [-0.4, -0.2) is 5.78 Å². The fourth-order valence-electron chi connectivity index (χ4n) is 2.05. The Bertz CT molecular complexity index is 352. The fourth-order valence-corrected chi connectivity index (χ4v) is 2.05. The molecule has 1 heteroatoms. The Morgan fingerprint density at radius 2 is 2.00 bits per heavy atom. The molecule has 1 rings (SSSR count). The first-order valence-electron chi connectivity index (χ1n) is 6.01. The highest BCUT2D eigenvalue weighted by Gasteiger charge is 2.14. The molecule has 88 valence electrons. The minimum absolute atomic E-state index is 0.128. The first kappa shape index (κ1) is 13.0. The highest BCUT2D eigenvalue weighted by atomic mass is 16.1. The molecule has 0 bridgehead atoms. The van der Waals surface area contributed by atoms with Crippen LogP contribution in [0, 0.1) is 5.92 Å². The summed E-state index contributed by atoms with van der Waals surface area (Å²) >= 11 is 0. The minimum Gasteiger partial charge on any atom is -0.290 e. The van der Waals surface area contributed by atoms with Crippen LogP contribution in [-0.2, 0) is 4.79 Å². The molecule has 0 fully saturated rings. The Balaban J connectivity index is 2.64. The second kappa shape index (κ2) is 5.83. The molecule has 0 saturated carbocycles. The number of carbonyl (C=O) groups excluding carboxylic acids is 1. The van der Waals surface area contributed by atoms with Gasteiger partial charge < -0.3 is 0 Å². The van der Waals surface area contributed by atoms with Crippen LogP contribution in [0.25, 0.3) is 0 Å². The van der Waals surface area contributed by atoms with Crippen molar-refractivity contribution in [2.24, 2.45) is 5.92 Å². The van der Waals surface area contributed by atoms with Gasteiger partial charge in [0.05, 0.1) is 0 Å². The third-order valence-electron chi connectivity index (χ3n) is 3.08. The topological polar surface area (TPSA) is 17.1 Å². The maximum absolute atomic E-state index is 11.6.